The average molecular weight is 373 g/mol. The zero-order valence-electron chi connectivity index (χ0n) is 16.6. The van der Waals surface area contributed by atoms with Crippen molar-refractivity contribution in [3.63, 3.8) is 0 Å². The first-order valence-corrected chi connectivity index (χ1v) is 10.2. The van der Waals surface area contributed by atoms with E-state index >= 15 is 0 Å². The van der Waals surface area contributed by atoms with Crippen LogP contribution in [0.4, 0.5) is 5.69 Å². The van der Waals surface area contributed by atoms with Crippen LogP contribution in [-0.4, -0.2) is 24.1 Å². The number of H-pyrrole nitrogens is 1. The van der Waals surface area contributed by atoms with Crippen LogP contribution in [0.1, 0.15) is 75.6 Å². The largest absolute Gasteiger partial charge is 0.462 e. The van der Waals surface area contributed by atoms with E-state index in [1.165, 1.54) is 38.5 Å². The molecule has 0 aliphatic rings. The number of aromatic amines is 1. The highest BCUT2D eigenvalue weighted by Gasteiger charge is 2.20. The van der Waals surface area contributed by atoms with Crippen molar-refractivity contribution in [2.75, 3.05) is 18.5 Å². The molecule has 0 aliphatic heterocycles. The number of nitrogens with one attached hydrogen (secondary N) is 2. The van der Waals surface area contributed by atoms with Gasteiger partial charge in [0, 0.05) is 11.9 Å². The molecule has 2 N–H and O–H groups in total. The second-order valence-electron chi connectivity index (χ2n) is 6.87. The molecule has 0 unspecified atom stereocenters. The minimum Gasteiger partial charge on any atom is -0.462 e. The lowest BCUT2D eigenvalue weighted by molar-refractivity contribution is 0.0525. The number of pyridine rings is 1. The Kier molecular flexibility index (Phi) is 8.89. The van der Waals surface area contributed by atoms with Crippen molar-refractivity contribution in [2.24, 2.45) is 0 Å². The van der Waals surface area contributed by atoms with Crippen molar-refractivity contribution in [3.05, 3.63) is 40.2 Å². The maximum atomic E-state index is 12.4. The third-order valence-corrected chi connectivity index (χ3v) is 4.73. The van der Waals surface area contributed by atoms with Gasteiger partial charge in [-0.25, -0.2) is 4.79 Å². The molecule has 0 saturated carbocycles. The first-order valence-electron chi connectivity index (χ1n) is 10.2. The third kappa shape index (κ3) is 6.12. The summed E-state index contributed by atoms with van der Waals surface area (Å²) in [4.78, 5) is 27.5. The number of unbranched alkanes of at least 4 members (excludes halogenated alkanes) is 7. The van der Waals surface area contributed by atoms with Gasteiger partial charge < -0.3 is 15.0 Å². The van der Waals surface area contributed by atoms with Crippen LogP contribution in [0.2, 0.25) is 0 Å². The van der Waals surface area contributed by atoms with Gasteiger partial charge in [-0.05, 0) is 19.4 Å². The molecule has 2 rings (SSSR count). The molecule has 0 bridgehead atoms. The molecule has 0 fully saturated rings. The topological polar surface area (TPSA) is 71.2 Å². The summed E-state index contributed by atoms with van der Waals surface area (Å²) in [6.45, 7) is 4.94. The first kappa shape index (κ1) is 21.0. The number of benzene rings is 1. The van der Waals surface area contributed by atoms with Crippen LogP contribution < -0.4 is 10.9 Å². The van der Waals surface area contributed by atoms with Gasteiger partial charge in [0.2, 0.25) is 0 Å². The summed E-state index contributed by atoms with van der Waals surface area (Å²) in [7, 11) is 0. The number of carbonyl (C=O) groups is 1. The minimum absolute atomic E-state index is 0.0649. The number of hydrogen-bond acceptors (Lipinski definition) is 4. The molecular weight excluding hydrogens is 340 g/mol. The van der Waals surface area contributed by atoms with Gasteiger partial charge in [-0.2, -0.15) is 0 Å². The molecule has 148 valence electrons. The highest BCUT2D eigenvalue weighted by molar-refractivity contribution is 6.04. The van der Waals surface area contributed by atoms with Crippen LogP contribution >= 0.6 is 0 Å². The van der Waals surface area contributed by atoms with Gasteiger partial charge in [-0.15, -0.1) is 0 Å². The lowest BCUT2D eigenvalue weighted by atomic mass is 10.1. The number of rotatable bonds is 12. The fourth-order valence-corrected chi connectivity index (χ4v) is 3.30. The van der Waals surface area contributed by atoms with Crippen molar-refractivity contribution >= 4 is 22.6 Å². The van der Waals surface area contributed by atoms with Crippen molar-refractivity contribution in [2.45, 2.75) is 65.2 Å². The van der Waals surface area contributed by atoms with E-state index in [0.717, 1.165) is 24.8 Å². The molecule has 0 amide bonds. The predicted octanol–water partition coefficient (Wildman–Crippen LogP) is 5.26. The Labute approximate surface area is 161 Å². The third-order valence-electron chi connectivity index (χ3n) is 4.73. The van der Waals surface area contributed by atoms with Crippen LogP contribution in [-0.2, 0) is 4.74 Å². The van der Waals surface area contributed by atoms with Gasteiger partial charge in [0.15, 0.2) is 0 Å². The molecule has 1 heterocycles. The van der Waals surface area contributed by atoms with Gasteiger partial charge in [0.1, 0.15) is 5.56 Å². The summed E-state index contributed by atoms with van der Waals surface area (Å²) < 4.78 is 5.09. The summed E-state index contributed by atoms with van der Waals surface area (Å²) in [5, 5.41) is 4.16. The van der Waals surface area contributed by atoms with E-state index in [0.29, 0.717) is 11.2 Å². The second-order valence-corrected chi connectivity index (χ2v) is 6.87. The lowest BCUT2D eigenvalue weighted by Crippen LogP contribution is -2.23. The molecule has 2 aromatic rings. The van der Waals surface area contributed by atoms with Gasteiger partial charge in [0.25, 0.3) is 5.56 Å². The Morgan fingerprint density at radius 1 is 1.00 bits per heavy atom. The first-order chi connectivity index (χ1) is 13.2. The highest BCUT2D eigenvalue weighted by atomic mass is 16.5. The van der Waals surface area contributed by atoms with E-state index in [1.54, 1.807) is 6.92 Å². The molecule has 0 saturated heterocycles. The molecule has 0 radical (unpaired) electrons. The number of ether oxygens (including phenoxy) is 1. The Bertz CT molecular complexity index is 783. The van der Waals surface area contributed by atoms with Gasteiger partial charge in [0.05, 0.1) is 17.8 Å². The van der Waals surface area contributed by atoms with E-state index < -0.39 is 11.5 Å². The highest BCUT2D eigenvalue weighted by Crippen LogP contribution is 2.24. The number of hydrogen-bond donors (Lipinski definition) is 2. The molecule has 0 aliphatic carbocycles. The second kappa shape index (κ2) is 11.4. The smallest absolute Gasteiger partial charge is 0.345 e. The molecule has 5 nitrogen and oxygen atoms in total. The van der Waals surface area contributed by atoms with Crippen molar-refractivity contribution in [1.82, 2.24) is 4.98 Å². The number of carbonyl (C=O) groups excluding carboxylic acids is 1. The number of aromatic nitrogens is 1. The fourth-order valence-electron chi connectivity index (χ4n) is 3.30. The zero-order chi connectivity index (χ0) is 19.5. The monoisotopic (exact) mass is 372 g/mol. The Morgan fingerprint density at radius 3 is 2.37 bits per heavy atom. The molecule has 27 heavy (non-hydrogen) atoms. The average Bonchev–Trinajstić information content (AvgIpc) is 2.66. The normalized spacial score (nSPS) is 10.9. The van der Waals surface area contributed by atoms with Gasteiger partial charge in [-0.1, -0.05) is 70.1 Å². The maximum Gasteiger partial charge on any atom is 0.345 e. The molecule has 0 spiro atoms. The van der Waals surface area contributed by atoms with Crippen molar-refractivity contribution in [1.29, 1.82) is 0 Å². The number of anilines is 1. The Balaban J connectivity index is 2.02. The SMILES string of the molecule is CCCCCCCCCCNc1c(C(=O)OCC)c(=O)[nH]c2ccccc12. The quantitative estimate of drug-likeness (QED) is 0.394. The lowest BCUT2D eigenvalue weighted by Gasteiger charge is -2.14. The summed E-state index contributed by atoms with van der Waals surface area (Å²) in [6.07, 6.45) is 9.91. The molecule has 1 aromatic heterocycles. The summed E-state index contributed by atoms with van der Waals surface area (Å²) in [6, 6.07) is 7.51. The van der Waals surface area contributed by atoms with Crippen LogP contribution in [0, 0.1) is 0 Å². The Morgan fingerprint density at radius 2 is 1.67 bits per heavy atom. The zero-order valence-corrected chi connectivity index (χ0v) is 16.6. The molecular formula is C22H32N2O3. The van der Waals surface area contributed by atoms with E-state index in [4.69, 9.17) is 4.74 Å². The molecule has 5 heteroatoms. The standard InChI is InChI=1S/C22H32N2O3/c1-3-5-6-7-8-9-10-13-16-23-20-17-14-11-12-15-18(17)24-21(25)19(20)22(26)27-4-2/h11-12,14-15H,3-10,13,16H2,1-2H3,(H2,23,24,25). The van der Waals surface area contributed by atoms with Crippen LogP contribution in [0.5, 0.6) is 0 Å². The van der Waals surface area contributed by atoms with Gasteiger partial charge in [-0.3, -0.25) is 4.79 Å². The van der Waals surface area contributed by atoms with Crippen molar-refractivity contribution < 1.29 is 9.53 Å². The minimum atomic E-state index is -0.581. The van der Waals surface area contributed by atoms with Gasteiger partial charge >= 0.3 is 5.97 Å². The van der Waals surface area contributed by atoms with Crippen LogP contribution in [0.25, 0.3) is 10.9 Å². The summed E-state index contributed by atoms with van der Waals surface area (Å²) in [5.41, 5.74) is 0.949. The van der Waals surface area contributed by atoms with Crippen LogP contribution in [0.15, 0.2) is 29.1 Å². The van der Waals surface area contributed by atoms with E-state index in [2.05, 4.69) is 17.2 Å². The van der Waals surface area contributed by atoms with Crippen LogP contribution in [0.3, 0.4) is 0 Å². The van der Waals surface area contributed by atoms with E-state index in [9.17, 15) is 9.59 Å². The maximum absolute atomic E-state index is 12.4. The summed E-state index contributed by atoms with van der Waals surface area (Å²) in [5.74, 6) is -0.581. The number of para-hydroxylation sites is 1. The fraction of sp³-hybridized carbons (Fsp3) is 0.545. The summed E-state index contributed by atoms with van der Waals surface area (Å²) >= 11 is 0. The Hall–Kier alpha value is -2.30. The molecule has 1 aromatic carbocycles. The van der Waals surface area contributed by atoms with E-state index in [-0.39, 0.29) is 12.2 Å². The van der Waals surface area contributed by atoms with Crippen molar-refractivity contribution in [3.8, 4) is 0 Å². The number of esters is 1. The van der Waals surface area contributed by atoms with E-state index in [1.807, 2.05) is 24.3 Å². The number of fused-ring (bicyclic) bond motifs is 1. The molecule has 0 atom stereocenters. The predicted molar refractivity (Wildman–Crippen MR) is 112 cm³/mol.